The molecule has 0 spiro atoms. The molecular weight excluding hydrogens is 238 g/mol. The molecule has 1 aliphatic heterocycles. The van der Waals surface area contributed by atoms with E-state index < -0.39 is 5.97 Å². The molecule has 90 valence electrons. The van der Waals surface area contributed by atoms with E-state index in [-0.39, 0.29) is 11.5 Å². The maximum absolute atomic E-state index is 11.8. The zero-order chi connectivity index (χ0) is 12.4. The van der Waals surface area contributed by atoms with Gasteiger partial charge in [0.15, 0.2) is 0 Å². The molecular formula is C12H13NO3S. The Morgan fingerprint density at radius 1 is 1.47 bits per heavy atom. The summed E-state index contributed by atoms with van der Waals surface area (Å²) in [4.78, 5) is 24.4. The molecule has 1 amide bonds. The van der Waals surface area contributed by atoms with E-state index in [1.54, 1.807) is 23.1 Å². The van der Waals surface area contributed by atoms with Crippen LogP contribution in [0.5, 0.6) is 0 Å². The van der Waals surface area contributed by atoms with Gasteiger partial charge in [-0.15, -0.1) is 0 Å². The van der Waals surface area contributed by atoms with Crippen molar-refractivity contribution in [2.24, 2.45) is 0 Å². The second-order valence-corrected chi connectivity index (χ2v) is 4.74. The highest BCUT2D eigenvalue weighted by Crippen LogP contribution is 2.29. The van der Waals surface area contributed by atoms with Gasteiger partial charge in [0, 0.05) is 12.2 Å². The maximum Gasteiger partial charge on any atom is 0.335 e. The highest BCUT2D eigenvalue weighted by Gasteiger charge is 2.24. The zero-order valence-electron chi connectivity index (χ0n) is 9.47. The normalized spacial score (nSPS) is 13.6. The number of fused-ring (bicyclic) bond motifs is 1. The molecule has 0 saturated heterocycles. The third kappa shape index (κ3) is 2.29. The van der Waals surface area contributed by atoms with E-state index in [2.05, 4.69) is 0 Å². The summed E-state index contributed by atoms with van der Waals surface area (Å²) in [7, 11) is 0. The number of hydrogen-bond acceptors (Lipinski definition) is 3. The van der Waals surface area contributed by atoms with Crippen molar-refractivity contribution in [2.45, 2.75) is 6.42 Å². The molecule has 1 heterocycles. The van der Waals surface area contributed by atoms with E-state index in [9.17, 15) is 9.59 Å². The number of hydrogen-bond donors (Lipinski definition) is 1. The molecule has 1 N–H and O–H groups in total. The number of thioether (sulfide) groups is 1. The lowest BCUT2D eigenvalue weighted by atomic mass is 10.1. The van der Waals surface area contributed by atoms with Gasteiger partial charge in [0.05, 0.1) is 11.3 Å². The number of amides is 1. The maximum atomic E-state index is 11.8. The zero-order valence-corrected chi connectivity index (χ0v) is 10.3. The third-order valence-corrected chi connectivity index (χ3v) is 3.33. The van der Waals surface area contributed by atoms with Crippen LogP contribution in [0.25, 0.3) is 0 Å². The van der Waals surface area contributed by atoms with Crippen molar-refractivity contribution in [3.63, 3.8) is 0 Å². The minimum atomic E-state index is -0.929. The lowest BCUT2D eigenvalue weighted by Crippen LogP contribution is -2.30. The minimum absolute atomic E-state index is 0.0827. The molecule has 1 aliphatic rings. The molecule has 2 rings (SSSR count). The summed E-state index contributed by atoms with van der Waals surface area (Å²) in [6.45, 7) is 0.651. The standard InChI is InChI=1S/C12H13NO3S/c1-17-7-11(14)13-5-4-8-6-9(12(15)16)2-3-10(8)13/h2-3,6H,4-5,7H2,1H3,(H,15,16). The van der Waals surface area contributed by atoms with Gasteiger partial charge >= 0.3 is 5.97 Å². The van der Waals surface area contributed by atoms with Crippen LogP contribution < -0.4 is 4.90 Å². The number of nitrogens with zero attached hydrogens (tertiary/aromatic N) is 1. The minimum Gasteiger partial charge on any atom is -0.478 e. The molecule has 5 heteroatoms. The Morgan fingerprint density at radius 3 is 2.88 bits per heavy atom. The summed E-state index contributed by atoms with van der Waals surface area (Å²) in [6.07, 6.45) is 2.62. The molecule has 4 nitrogen and oxygen atoms in total. The summed E-state index contributed by atoms with van der Waals surface area (Å²) in [5.74, 6) is -0.388. The average molecular weight is 251 g/mol. The Labute approximate surface area is 104 Å². The summed E-state index contributed by atoms with van der Waals surface area (Å²) >= 11 is 1.49. The summed E-state index contributed by atoms with van der Waals surface area (Å²) in [6, 6.07) is 4.93. The van der Waals surface area contributed by atoms with Crippen molar-refractivity contribution in [3.05, 3.63) is 29.3 Å². The first-order chi connectivity index (χ1) is 8.13. The van der Waals surface area contributed by atoms with E-state index in [1.165, 1.54) is 11.8 Å². The van der Waals surface area contributed by atoms with Gasteiger partial charge < -0.3 is 10.0 Å². The molecule has 0 aromatic heterocycles. The van der Waals surface area contributed by atoms with E-state index in [0.717, 1.165) is 17.7 Å². The fourth-order valence-electron chi connectivity index (χ4n) is 2.00. The lowest BCUT2D eigenvalue weighted by Gasteiger charge is -2.16. The number of carboxylic acids is 1. The number of carbonyl (C=O) groups excluding carboxylic acids is 1. The van der Waals surface area contributed by atoms with Crippen molar-refractivity contribution in [2.75, 3.05) is 23.5 Å². The Balaban J connectivity index is 2.27. The van der Waals surface area contributed by atoms with Gasteiger partial charge in [-0.1, -0.05) is 0 Å². The van der Waals surface area contributed by atoms with Crippen LogP contribution in [0.1, 0.15) is 15.9 Å². The Bertz CT molecular complexity index is 473. The fourth-order valence-corrected chi connectivity index (χ4v) is 2.40. The van der Waals surface area contributed by atoms with E-state index in [0.29, 0.717) is 12.3 Å². The quantitative estimate of drug-likeness (QED) is 0.887. The third-order valence-electron chi connectivity index (χ3n) is 2.79. The largest absolute Gasteiger partial charge is 0.478 e. The van der Waals surface area contributed by atoms with E-state index in [1.807, 2.05) is 6.26 Å². The van der Waals surface area contributed by atoms with Gasteiger partial charge in [-0.05, 0) is 36.4 Å². The summed E-state index contributed by atoms with van der Waals surface area (Å²) in [5.41, 5.74) is 2.08. The van der Waals surface area contributed by atoms with Crippen molar-refractivity contribution in [1.29, 1.82) is 0 Å². The highest BCUT2D eigenvalue weighted by molar-refractivity contribution is 7.99. The topological polar surface area (TPSA) is 57.6 Å². The predicted molar refractivity (Wildman–Crippen MR) is 67.8 cm³/mol. The van der Waals surface area contributed by atoms with Crippen molar-refractivity contribution in [1.82, 2.24) is 0 Å². The highest BCUT2D eigenvalue weighted by atomic mass is 32.2. The van der Waals surface area contributed by atoms with Crippen LogP contribution in [0.3, 0.4) is 0 Å². The first kappa shape index (κ1) is 12.0. The first-order valence-corrected chi connectivity index (χ1v) is 6.68. The number of rotatable bonds is 3. The first-order valence-electron chi connectivity index (χ1n) is 5.29. The van der Waals surface area contributed by atoms with Gasteiger partial charge in [0.1, 0.15) is 0 Å². The van der Waals surface area contributed by atoms with Crippen molar-refractivity contribution >= 4 is 29.3 Å². The molecule has 1 aromatic rings. The van der Waals surface area contributed by atoms with Gasteiger partial charge in [0.25, 0.3) is 0 Å². The number of carbonyl (C=O) groups is 2. The van der Waals surface area contributed by atoms with E-state index >= 15 is 0 Å². The number of anilines is 1. The van der Waals surface area contributed by atoms with Crippen LogP contribution in [0.2, 0.25) is 0 Å². The molecule has 0 unspecified atom stereocenters. The van der Waals surface area contributed by atoms with Crippen LogP contribution >= 0.6 is 11.8 Å². The Hall–Kier alpha value is -1.49. The number of benzene rings is 1. The molecule has 0 radical (unpaired) electrons. The van der Waals surface area contributed by atoms with Crippen molar-refractivity contribution in [3.8, 4) is 0 Å². The monoisotopic (exact) mass is 251 g/mol. The van der Waals surface area contributed by atoms with Crippen LogP contribution in [-0.2, 0) is 11.2 Å². The molecule has 0 bridgehead atoms. The van der Waals surface area contributed by atoms with Crippen LogP contribution in [0.15, 0.2) is 18.2 Å². The van der Waals surface area contributed by atoms with Gasteiger partial charge in [-0.25, -0.2) is 4.79 Å². The molecule has 17 heavy (non-hydrogen) atoms. The Morgan fingerprint density at radius 2 is 2.24 bits per heavy atom. The number of carboxylic acid groups (broad SMARTS) is 1. The van der Waals surface area contributed by atoms with Crippen molar-refractivity contribution < 1.29 is 14.7 Å². The average Bonchev–Trinajstić information content (AvgIpc) is 2.71. The SMILES string of the molecule is CSCC(=O)N1CCc2cc(C(=O)O)ccc21. The Kier molecular flexibility index (Phi) is 3.38. The predicted octanol–water partition coefficient (Wildman–Crippen LogP) is 1.64. The molecule has 0 fully saturated rings. The van der Waals surface area contributed by atoms with Crippen LogP contribution in [0.4, 0.5) is 5.69 Å². The van der Waals surface area contributed by atoms with Crippen LogP contribution in [0, 0.1) is 0 Å². The number of aromatic carboxylic acids is 1. The summed E-state index contributed by atoms with van der Waals surface area (Å²) < 4.78 is 0. The molecule has 1 aromatic carbocycles. The fraction of sp³-hybridized carbons (Fsp3) is 0.333. The van der Waals surface area contributed by atoms with Gasteiger partial charge in [0.2, 0.25) is 5.91 Å². The van der Waals surface area contributed by atoms with E-state index in [4.69, 9.17) is 5.11 Å². The molecule has 0 atom stereocenters. The second kappa shape index (κ2) is 4.79. The van der Waals surface area contributed by atoms with Gasteiger partial charge in [-0.3, -0.25) is 4.79 Å². The van der Waals surface area contributed by atoms with Crippen LogP contribution in [-0.4, -0.2) is 35.5 Å². The molecule has 0 aliphatic carbocycles. The smallest absolute Gasteiger partial charge is 0.335 e. The second-order valence-electron chi connectivity index (χ2n) is 3.88. The van der Waals surface area contributed by atoms with Gasteiger partial charge in [-0.2, -0.15) is 11.8 Å². The lowest BCUT2D eigenvalue weighted by molar-refractivity contribution is -0.116. The summed E-state index contributed by atoms with van der Waals surface area (Å²) in [5, 5.41) is 8.89. The molecule has 0 saturated carbocycles.